The monoisotopic (exact) mass is 254 g/mol. The maximum absolute atomic E-state index is 11.8. The number of hydrogen-bond donors (Lipinski definition) is 3. The quantitative estimate of drug-likeness (QED) is 0.691. The molecule has 2 amide bonds. The van der Waals surface area contributed by atoms with Gasteiger partial charge in [-0.2, -0.15) is 0 Å². The van der Waals surface area contributed by atoms with Gasteiger partial charge in [-0.15, -0.1) is 0 Å². The molecule has 2 aliphatic carbocycles. The second-order valence-electron chi connectivity index (χ2n) is 5.79. The second kappa shape index (κ2) is 4.70. The summed E-state index contributed by atoms with van der Waals surface area (Å²) >= 11 is 0. The zero-order valence-electron chi connectivity index (χ0n) is 10.7. The van der Waals surface area contributed by atoms with Crippen molar-refractivity contribution in [1.82, 2.24) is 10.6 Å². The van der Waals surface area contributed by atoms with Gasteiger partial charge in [-0.25, -0.2) is 4.79 Å². The molecule has 3 rings (SSSR count). The molecule has 3 fully saturated rings. The van der Waals surface area contributed by atoms with Gasteiger partial charge in [-0.05, 0) is 19.3 Å². The highest BCUT2D eigenvalue weighted by Gasteiger charge is 2.65. The lowest BCUT2D eigenvalue weighted by atomic mass is 9.54. The van der Waals surface area contributed by atoms with Gasteiger partial charge in [-0.1, -0.05) is 12.8 Å². The zero-order valence-corrected chi connectivity index (χ0v) is 10.7. The Morgan fingerprint density at radius 3 is 2.89 bits per heavy atom. The molecule has 3 unspecified atom stereocenters. The van der Waals surface area contributed by atoms with Crippen LogP contribution in [-0.2, 0) is 4.74 Å². The van der Waals surface area contributed by atoms with Crippen LogP contribution in [-0.4, -0.2) is 43.0 Å². The van der Waals surface area contributed by atoms with E-state index in [9.17, 15) is 4.79 Å². The average molecular weight is 254 g/mol. The van der Waals surface area contributed by atoms with Crippen molar-refractivity contribution < 1.29 is 14.6 Å². The van der Waals surface area contributed by atoms with Crippen LogP contribution in [0.4, 0.5) is 4.79 Å². The fraction of sp³-hybridized carbons (Fsp3) is 0.923. The standard InChI is InChI=1S/C13H22N2O3/c16-7-6-14-12(17)15-10-9-3-8-18-11(9)13(10)4-1-2-5-13/h9-11,16H,1-8H2,(H2,14,15,17). The van der Waals surface area contributed by atoms with Crippen LogP contribution in [0.5, 0.6) is 0 Å². The van der Waals surface area contributed by atoms with Crippen LogP contribution < -0.4 is 10.6 Å². The number of carbonyl (C=O) groups is 1. The van der Waals surface area contributed by atoms with Crippen molar-refractivity contribution in [2.45, 2.75) is 44.2 Å². The average Bonchev–Trinajstić information content (AvgIpc) is 3.00. The van der Waals surface area contributed by atoms with Gasteiger partial charge in [0.1, 0.15) is 0 Å². The normalized spacial score (nSPS) is 36.2. The molecule has 18 heavy (non-hydrogen) atoms. The minimum absolute atomic E-state index is 0.0155. The van der Waals surface area contributed by atoms with Crippen molar-refractivity contribution in [1.29, 1.82) is 0 Å². The third-order valence-corrected chi connectivity index (χ3v) is 4.97. The van der Waals surface area contributed by atoms with E-state index in [4.69, 9.17) is 9.84 Å². The van der Waals surface area contributed by atoms with E-state index in [1.807, 2.05) is 0 Å². The number of rotatable bonds is 3. The molecule has 1 heterocycles. The van der Waals surface area contributed by atoms with Crippen LogP contribution in [0.25, 0.3) is 0 Å². The first-order chi connectivity index (χ1) is 8.78. The van der Waals surface area contributed by atoms with Crippen LogP contribution >= 0.6 is 0 Å². The molecule has 3 atom stereocenters. The van der Waals surface area contributed by atoms with E-state index in [1.165, 1.54) is 25.7 Å². The summed E-state index contributed by atoms with van der Waals surface area (Å²) in [6.45, 7) is 1.14. The molecule has 0 bridgehead atoms. The third-order valence-electron chi connectivity index (χ3n) is 4.97. The van der Waals surface area contributed by atoms with Crippen LogP contribution in [0.3, 0.4) is 0 Å². The number of ether oxygens (including phenoxy) is 1. The number of amides is 2. The Kier molecular flexibility index (Phi) is 3.20. The first-order valence-electron chi connectivity index (χ1n) is 7.05. The van der Waals surface area contributed by atoms with Gasteiger partial charge in [0.25, 0.3) is 0 Å². The molecule has 3 N–H and O–H groups in total. The summed E-state index contributed by atoms with van der Waals surface area (Å²) in [5, 5.41) is 14.5. The number of hydrogen-bond acceptors (Lipinski definition) is 3. The fourth-order valence-corrected chi connectivity index (χ4v) is 4.27. The van der Waals surface area contributed by atoms with E-state index in [-0.39, 0.29) is 24.1 Å². The van der Waals surface area contributed by atoms with Gasteiger partial charge >= 0.3 is 6.03 Å². The predicted molar refractivity (Wildman–Crippen MR) is 66.2 cm³/mol. The molecule has 102 valence electrons. The lowest BCUT2D eigenvalue weighted by Crippen LogP contribution is -2.69. The number of nitrogens with one attached hydrogen (secondary N) is 2. The molecule has 1 spiro atoms. The Morgan fingerprint density at radius 1 is 1.39 bits per heavy atom. The number of urea groups is 1. The summed E-state index contributed by atoms with van der Waals surface area (Å²) in [6.07, 6.45) is 6.31. The summed E-state index contributed by atoms with van der Waals surface area (Å²) in [4.78, 5) is 11.8. The lowest BCUT2D eigenvalue weighted by Gasteiger charge is -2.56. The number of aliphatic hydroxyl groups is 1. The molecular weight excluding hydrogens is 232 g/mol. The van der Waals surface area contributed by atoms with Gasteiger partial charge in [0.05, 0.1) is 12.7 Å². The maximum atomic E-state index is 11.8. The summed E-state index contributed by atoms with van der Waals surface area (Å²) < 4.78 is 5.87. The van der Waals surface area contributed by atoms with Crippen molar-refractivity contribution in [2.24, 2.45) is 11.3 Å². The molecular formula is C13H22N2O3. The summed E-state index contributed by atoms with van der Waals surface area (Å²) in [7, 11) is 0. The summed E-state index contributed by atoms with van der Waals surface area (Å²) in [5.74, 6) is 0.503. The van der Waals surface area contributed by atoms with Crippen LogP contribution in [0.2, 0.25) is 0 Å². The number of aliphatic hydroxyl groups excluding tert-OH is 1. The van der Waals surface area contributed by atoms with Crippen LogP contribution in [0.15, 0.2) is 0 Å². The highest BCUT2D eigenvalue weighted by Crippen LogP contribution is 2.60. The van der Waals surface area contributed by atoms with Crippen molar-refractivity contribution in [3.05, 3.63) is 0 Å². The lowest BCUT2D eigenvalue weighted by molar-refractivity contribution is -0.126. The molecule has 1 aliphatic heterocycles. The Balaban J connectivity index is 1.64. The van der Waals surface area contributed by atoms with E-state index in [2.05, 4.69) is 10.6 Å². The Bertz CT molecular complexity index is 328. The molecule has 0 aromatic carbocycles. The van der Waals surface area contributed by atoms with Gasteiger partial charge in [0.2, 0.25) is 0 Å². The van der Waals surface area contributed by atoms with Gasteiger partial charge in [-0.3, -0.25) is 0 Å². The summed E-state index contributed by atoms with van der Waals surface area (Å²) in [6, 6.07) is 0.122. The van der Waals surface area contributed by atoms with Crippen molar-refractivity contribution in [2.75, 3.05) is 19.8 Å². The second-order valence-corrected chi connectivity index (χ2v) is 5.79. The minimum Gasteiger partial charge on any atom is -0.395 e. The molecule has 0 radical (unpaired) electrons. The molecule has 2 saturated carbocycles. The van der Waals surface area contributed by atoms with Crippen molar-refractivity contribution in [3.63, 3.8) is 0 Å². The van der Waals surface area contributed by atoms with E-state index in [0.717, 1.165) is 13.0 Å². The van der Waals surface area contributed by atoms with Gasteiger partial charge < -0.3 is 20.5 Å². The molecule has 3 aliphatic rings. The third kappa shape index (κ3) is 1.72. The molecule has 5 nitrogen and oxygen atoms in total. The maximum Gasteiger partial charge on any atom is 0.315 e. The highest BCUT2D eigenvalue weighted by atomic mass is 16.5. The topological polar surface area (TPSA) is 70.6 Å². The van der Waals surface area contributed by atoms with Crippen molar-refractivity contribution >= 4 is 6.03 Å². The van der Waals surface area contributed by atoms with E-state index < -0.39 is 0 Å². The van der Waals surface area contributed by atoms with E-state index in [0.29, 0.717) is 18.6 Å². The Labute approximate surface area is 107 Å². The highest BCUT2D eigenvalue weighted by molar-refractivity contribution is 5.74. The molecule has 0 aromatic rings. The first kappa shape index (κ1) is 12.2. The van der Waals surface area contributed by atoms with E-state index in [1.54, 1.807) is 0 Å². The molecule has 1 saturated heterocycles. The van der Waals surface area contributed by atoms with Crippen LogP contribution in [0.1, 0.15) is 32.1 Å². The van der Waals surface area contributed by atoms with Crippen LogP contribution in [0, 0.1) is 11.3 Å². The van der Waals surface area contributed by atoms with Crippen molar-refractivity contribution in [3.8, 4) is 0 Å². The minimum atomic E-state index is -0.148. The number of carbonyl (C=O) groups excluding carboxylic acids is 1. The molecule has 0 aromatic heterocycles. The fourth-order valence-electron chi connectivity index (χ4n) is 4.27. The Morgan fingerprint density at radius 2 is 2.17 bits per heavy atom. The van der Waals surface area contributed by atoms with Gasteiger partial charge in [0.15, 0.2) is 0 Å². The SMILES string of the molecule is O=C(NCCO)NC1C2CCOC2C12CCCC2. The first-order valence-corrected chi connectivity index (χ1v) is 7.05. The van der Waals surface area contributed by atoms with E-state index >= 15 is 0 Å². The predicted octanol–water partition coefficient (Wildman–Crippen LogP) is 0.626. The smallest absolute Gasteiger partial charge is 0.315 e. The molecule has 5 heteroatoms. The Hall–Kier alpha value is -0.810. The zero-order chi connectivity index (χ0) is 12.6. The number of fused-ring (bicyclic) bond motifs is 2. The summed E-state index contributed by atoms with van der Waals surface area (Å²) in [5.41, 5.74) is 0.206. The van der Waals surface area contributed by atoms with Gasteiger partial charge in [0, 0.05) is 30.5 Å². The largest absolute Gasteiger partial charge is 0.395 e.